The molecule has 2 rings (SSSR count). The Hall–Kier alpha value is -1.14. The molecule has 1 unspecified atom stereocenters. The summed E-state index contributed by atoms with van der Waals surface area (Å²) in [6.45, 7) is 1.08. The molecule has 5 nitrogen and oxygen atoms in total. The molecule has 0 aromatic heterocycles. The molecule has 1 saturated heterocycles. The summed E-state index contributed by atoms with van der Waals surface area (Å²) < 4.78 is 5.20. The van der Waals surface area contributed by atoms with Crippen LogP contribution in [0.25, 0.3) is 0 Å². The molecular weight excluding hydrogens is 280 g/mol. The van der Waals surface area contributed by atoms with E-state index >= 15 is 0 Å². The van der Waals surface area contributed by atoms with Crippen molar-refractivity contribution in [2.45, 2.75) is 24.5 Å². The molecule has 4 N–H and O–H groups in total. The summed E-state index contributed by atoms with van der Waals surface area (Å²) in [5.74, 6) is -0.248. The number of hydrogen-bond acceptors (Lipinski definition) is 4. The van der Waals surface area contributed by atoms with Crippen LogP contribution in [0, 0.1) is 0 Å². The van der Waals surface area contributed by atoms with E-state index in [0.717, 1.165) is 0 Å². The molecule has 0 spiro atoms. The number of benzene rings is 1. The van der Waals surface area contributed by atoms with Crippen molar-refractivity contribution in [3.8, 4) is 0 Å². The van der Waals surface area contributed by atoms with Crippen molar-refractivity contribution >= 4 is 17.5 Å². The van der Waals surface area contributed by atoms with Gasteiger partial charge in [0.25, 0.3) is 0 Å². The lowest BCUT2D eigenvalue weighted by atomic mass is 9.90. The molecule has 1 atom stereocenters. The van der Waals surface area contributed by atoms with Gasteiger partial charge in [-0.2, -0.15) is 0 Å². The Kier molecular flexibility index (Phi) is 4.99. The van der Waals surface area contributed by atoms with Gasteiger partial charge in [0, 0.05) is 24.8 Å². The minimum atomic E-state index is -0.897. The van der Waals surface area contributed by atoms with E-state index in [4.69, 9.17) is 22.1 Å². The molecule has 1 aliphatic rings. The number of nitrogens with one attached hydrogen (secondary N) is 1. The molecule has 110 valence electrons. The highest BCUT2D eigenvalue weighted by Gasteiger charge is 2.35. The van der Waals surface area contributed by atoms with Gasteiger partial charge >= 0.3 is 0 Å². The number of aliphatic hydroxyl groups excluding tert-OH is 1. The average molecular weight is 299 g/mol. The van der Waals surface area contributed by atoms with Crippen LogP contribution in [-0.4, -0.2) is 36.3 Å². The molecule has 1 aromatic carbocycles. The van der Waals surface area contributed by atoms with Crippen LogP contribution >= 0.6 is 11.6 Å². The Morgan fingerprint density at radius 3 is 2.85 bits per heavy atom. The van der Waals surface area contributed by atoms with Gasteiger partial charge in [-0.25, -0.2) is 0 Å². The fraction of sp³-hybridized carbons (Fsp3) is 0.500. The first-order valence-corrected chi connectivity index (χ1v) is 6.97. The van der Waals surface area contributed by atoms with Gasteiger partial charge in [0.1, 0.15) is 0 Å². The molecule has 0 saturated carbocycles. The van der Waals surface area contributed by atoms with Crippen LogP contribution < -0.4 is 11.1 Å². The largest absolute Gasteiger partial charge is 0.387 e. The highest BCUT2D eigenvalue weighted by Crippen LogP contribution is 2.19. The van der Waals surface area contributed by atoms with Gasteiger partial charge in [-0.3, -0.25) is 4.79 Å². The van der Waals surface area contributed by atoms with Gasteiger partial charge in [0.15, 0.2) is 0 Å². The summed E-state index contributed by atoms with van der Waals surface area (Å²) >= 11 is 5.86. The highest BCUT2D eigenvalue weighted by atomic mass is 35.5. The molecule has 0 radical (unpaired) electrons. The number of carbonyl (C=O) groups excluding carboxylic acids is 1. The van der Waals surface area contributed by atoms with E-state index < -0.39 is 11.6 Å². The number of aliphatic hydroxyl groups is 1. The monoisotopic (exact) mass is 298 g/mol. The molecular formula is C14H19ClN2O3. The number of nitrogens with two attached hydrogens (primary N) is 1. The van der Waals surface area contributed by atoms with Gasteiger partial charge in [0.2, 0.25) is 5.91 Å². The van der Waals surface area contributed by atoms with Crippen LogP contribution in [-0.2, 0) is 9.53 Å². The highest BCUT2D eigenvalue weighted by molar-refractivity contribution is 6.30. The van der Waals surface area contributed by atoms with Gasteiger partial charge in [-0.15, -0.1) is 0 Å². The fourth-order valence-corrected chi connectivity index (χ4v) is 2.36. The number of amides is 1. The second-order valence-electron chi connectivity index (χ2n) is 5.05. The van der Waals surface area contributed by atoms with Gasteiger partial charge in [-0.05, 0) is 30.5 Å². The van der Waals surface area contributed by atoms with Crippen LogP contribution in [0.5, 0.6) is 0 Å². The average Bonchev–Trinajstić information content (AvgIpc) is 2.45. The number of ether oxygens (including phenoxy) is 1. The van der Waals surface area contributed by atoms with E-state index in [0.29, 0.717) is 36.6 Å². The third kappa shape index (κ3) is 3.70. The van der Waals surface area contributed by atoms with Gasteiger partial charge in [0.05, 0.1) is 11.6 Å². The molecule has 20 heavy (non-hydrogen) atoms. The van der Waals surface area contributed by atoms with Crippen molar-refractivity contribution in [1.29, 1.82) is 0 Å². The lowest BCUT2D eigenvalue weighted by Crippen LogP contribution is -2.57. The second-order valence-corrected chi connectivity index (χ2v) is 5.49. The minimum absolute atomic E-state index is 0.110. The second kappa shape index (κ2) is 6.54. The maximum absolute atomic E-state index is 12.1. The molecule has 1 aromatic rings. The minimum Gasteiger partial charge on any atom is -0.387 e. The normalized spacial score (nSPS) is 19.4. The van der Waals surface area contributed by atoms with Crippen molar-refractivity contribution in [2.24, 2.45) is 5.73 Å². The van der Waals surface area contributed by atoms with Crippen molar-refractivity contribution in [3.63, 3.8) is 0 Å². The van der Waals surface area contributed by atoms with E-state index in [-0.39, 0.29) is 12.5 Å². The lowest BCUT2D eigenvalue weighted by molar-refractivity contribution is -0.130. The Bertz CT molecular complexity index is 475. The standard InChI is InChI=1S/C14H19ClN2O3/c15-11-3-1-2-10(8-11)12(18)9-17-13(19)14(16)4-6-20-7-5-14/h1-3,8,12,18H,4-7,9,16H2,(H,17,19). The first-order chi connectivity index (χ1) is 9.51. The third-order valence-electron chi connectivity index (χ3n) is 3.53. The Labute approximate surface area is 123 Å². The van der Waals surface area contributed by atoms with Crippen molar-refractivity contribution in [3.05, 3.63) is 34.9 Å². The molecule has 0 bridgehead atoms. The quantitative estimate of drug-likeness (QED) is 0.774. The smallest absolute Gasteiger partial charge is 0.240 e. The number of rotatable bonds is 4. The van der Waals surface area contributed by atoms with Crippen molar-refractivity contribution in [1.82, 2.24) is 5.32 Å². The summed E-state index contributed by atoms with van der Waals surface area (Å²) in [4.78, 5) is 12.1. The predicted molar refractivity (Wildman–Crippen MR) is 76.4 cm³/mol. The van der Waals surface area contributed by atoms with Crippen LogP contribution in [0.1, 0.15) is 24.5 Å². The molecule has 1 amide bonds. The molecule has 1 aliphatic heterocycles. The SMILES string of the molecule is NC1(C(=O)NCC(O)c2cccc(Cl)c2)CCOCC1. The zero-order valence-electron chi connectivity index (χ0n) is 11.1. The van der Waals surface area contributed by atoms with Crippen LogP contribution in [0.4, 0.5) is 0 Å². The molecule has 0 aliphatic carbocycles. The zero-order valence-corrected chi connectivity index (χ0v) is 11.9. The predicted octanol–water partition coefficient (Wildman–Crippen LogP) is 0.998. The van der Waals surface area contributed by atoms with Crippen molar-refractivity contribution < 1.29 is 14.6 Å². The number of carbonyl (C=O) groups is 1. The molecule has 1 fully saturated rings. The van der Waals surface area contributed by atoms with Crippen molar-refractivity contribution in [2.75, 3.05) is 19.8 Å². The lowest BCUT2D eigenvalue weighted by Gasteiger charge is -2.32. The first-order valence-electron chi connectivity index (χ1n) is 6.60. The summed E-state index contributed by atoms with van der Waals surface area (Å²) in [5, 5.41) is 13.3. The summed E-state index contributed by atoms with van der Waals surface area (Å²) in [6.07, 6.45) is 0.180. The fourth-order valence-electron chi connectivity index (χ4n) is 2.16. The van der Waals surface area contributed by atoms with Crippen LogP contribution in [0.15, 0.2) is 24.3 Å². The topological polar surface area (TPSA) is 84.6 Å². The van der Waals surface area contributed by atoms with Crippen LogP contribution in [0.3, 0.4) is 0 Å². The third-order valence-corrected chi connectivity index (χ3v) is 3.76. The Morgan fingerprint density at radius 2 is 2.20 bits per heavy atom. The van der Waals surface area contributed by atoms with E-state index in [1.165, 1.54) is 0 Å². The number of hydrogen-bond donors (Lipinski definition) is 3. The Balaban J connectivity index is 1.89. The maximum atomic E-state index is 12.1. The Morgan fingerprint density at radius 1 is 1.50 bits per heavy atom. The van der Waals surface area contributed by atoms with E-state index in [1.54, 1.807) is 24.3 Å². The van der Waals surface area contributed by atoms with E-state index in [1.807, 2.05) is 0 Å². The first kappa shape index (κ1) is 15.3. The number of halogens is 1. The maximum Gasteiger partial charge on any atom is 0.240 e. The summed E-state index contributed by atoms with van der Waals surface area (Å²) in [6, 6.07) is 6.92. The zero-order chi connectivity index (χ0) is 14.6. The van der Waals surface area contributed by atoms with E-state index in [9.17, 15) is 9.90 Å². The molecule has 6 heteroatoms. The van der Waals surface area contributed by atoms with E-state index in [2.05, 4.69) is 5.32 Å². The summed E-state index contributed by atoms with van der Waals surface area (Å²) in [7, 11) is 0. The van der Waals surface area contributed by atoms with Gasteiger partial charge < -0.3 is 20.9 Å². The molecule has 1 heterocycles. The van der Waals surface area contributed by atoms with Gasteiger partial charge in [-0.1, -0.05) is 23.7 Å². The van der Waals surface area contributed by atoms with Crippen LogP contribution in [0.2, 0.25) is 5.02 Å². The summed E-state index contributed by atoms with van der Waals surface area (Å²) in [5.41, 5.74) is 5.82.